The first-order valence-corrected chi connectivity index (χ1v) is 4.57. The Morgan fingerprint density at radius 2 is 2.07 bits per heavy atom. The molecule has 1 aromatic carbocycles. The van der Waals surface area contributed by atoms with Gasteiger partial charge in [0.25, 0.3) is 0 Å². The third-order valence-corrected chi connectivity index (χ3v) is 2.17. The second-order valence-corrected chi connectivity index (χ2v) is 3.37. The van der Waals surface area contributed by atoms with Gasteiger partial charge in [0.15, 0.2) is 5.89 Å². The summed E-state index contributed by atoms with van der Waals surface area (Å²) in [6, 6.07) is 4.52. The minimum absolute atomic E-state index is 0.118. The number of oxazole rings is 1. The Balaban J connectivity index is 2.54. The molecule has 2 N–H and O–H groups in total. The lowest BCUT2D eigenvalue weighted by Gasteiger charge is -2.00. The monoisotopic (exact) mass is 206 g/mol. The van der Waals surface area contributed by atoms with E-state index in [-0.39, 0.29) is 5.69 Å². The molecule has 0 unspecified atom stereocenters. The van der Waals surface area contributed by atoms with Gasteiger partial charge in [-0.25, -0.2) is 9.37 Å². The molecule has 0 saturated heterocycles. The Hall–Kier alpha value is -1.84. The summed E-state index contributed by atoms with van der Waals surface area (Å²) in [4.78, 5) is 4.21. The Morgan fingerprint density at radius 3 is 2.60 bits per heavy atom. The number of hydrogen-bond acceptors (Lipinski definition) is 3. The number of benzene rings is 1. The van der Waals surface area contributed by atoms with Crippen molar-refractivity contribution in [2.24, 2.45) is 0 Å². The maximum absolute atomic E-state index is 13.0. The first-order chi connectivity index (χ1) is 7.08. The molecule has 3 nitrogen and oxygen atoms in total. The third kappa shape index (κ3) is 1.70. The van der Waals surface area contributed by atoms with E-state index in [9.17, 15) is 4.39 Å². The molecule has 0 saturated carbocycles. The molecule has 4 heteroatoms. The van der Waals surface area contributed by atoms with Crippen molar-refractivity contribution in [1.29, 1.82) is 0 Å². The number of rotatable bonds is 1. The van der Waals surface area contributed by atoms with E-state index in [2.05, 4.69) is 4.98 Å². The molecule has 0 aliphatic carbocycles. The third-order valence-electron chi connectivity index (χ3n) is 2.17. The summed E-state index contributed by atoms with van der Waals surface area (Å²) >= 11 is 0. The zero-order valence-electron chi connectivity index (χ0n) is 8.54. The molecule has 2 aromatic rings. The van der Waals surface area contributed by atoms with Crippen LogP contribution in [0.4, 0.5) is 10.1 Å². The van der Waals surface area contributed by atoms with Gasteiger partial charge in [-0.2, -0.15) is 0 Å². The lowest BCUT2D eigenvalue weighted by molar-refractivity contribution is 0.495. The minimum atomic E-state index is -0.420. The van der Waals surface area contributed by atoms with Crippen molar-refractivity contribution in [3.63, 3.8) is 0 Å². The first kappa shape index (κ1) is 9.71. The number of nitrogens with two attached hydrogens (primary N) is 1. The molecule has 1 aromatic heterocycles. The fourth-order valence-corrected chi connectivity index (χ4v) is 1.49. The van der Waals surface area contributed by atoms with E-state index in [0.29, 0.717) is 17.3 Å². The zero-order valence-corrected chi connectivity index (χ0v) is 8.54. The number of aromatic nitrogens is 1. The quantitative estimate of drug-likeness (QED) is 0.730. The van der Waals surface area contributed by atoms with Gasteiger partial charge in [-0.05, 0) is 25.1 Å². The highest BCUT2D eigenvalue weighted by molar-refractivity contribution is 5.65. The van der Waals surface area contributed by atoms with Gasteiger partial charge in [0.1, 0.15) is 17.3 Å². The van der Waals surface area contributed by atoms with Crippen LogP contribution in [0.15, 0.2) is 22.6 Å². The Morgan fingerprint density at radius 1 is 1.33 bits per heavy atom. The topological polar surface area (TPSA) is 52.0 Å². The predicted molar refractivity (Wildman–Crippen MR) is 55.8 cm³/mol. The van der Waals surface area contributed by atoms with E-state index >= 15 is 0 Å². The van der Waals surface area contributed by atoms with Crippen LogP contribution in [0.3, 0.4) is 0 Å². The molecule has 1 heterocycles. The van der Waals surface area contributed by atoms with Crippen molar-refractivity contribution in [2.75, 3.05) is 5.73 Å². The number of halogens is 1. The van der Waals surface area contributed by atoms with Crippen LogP contribution in [0.25, 0.3) is 11.3 Å². The van der Waals surface area contributed by atoms with Crippen LogP contribution in [0, 0.1) is 19.7 Å². The number of nitrogens with zero attached hydrogens (tertiary/aromatic N) is 1. The SMILES string of the molecule is Cc1nc(-c2ccc(F)c(N)c2)c(C)o1. The Bertz CT molecular complexity index is 505. The highest BCUT2D eigenvalue weighted by atomic mass is 19.1. The van der Waals surface area contributed by atoms with Crippen molar-refractivity contribution in [3.05, 3.63) is 35.7 Å². The fourth-order valence-electron chi connectivity index (χ4n) is 1.49. The minimum Gasteiger partial charge on any atom is -0.446 e. The van der Waals surface area contributed by atoms with Crippen LogP contribution in [0.5, 0.6) is 0 Å². The number of aryl methyl sites for hydroxylation is 2. The Kier molecular flexibility index (Phi) is 2.19. The lowest BCUT2D eigenvalue weighted by Crippen LogP contribution is -1.91. The Labute approximate surface area is 86.7 Å². The molecule has 0 spiro atoms. The van der Waals surface area contributed by atoms with Crippen molar-refractivity contribution >= 4 is 5.69 Å². The van der Waals surface area contributed by atoms with E-state index in [1.807, 2.05) is 6.92 Å². The maximum atomic E-state index is 13.0. The van der Waals surface area contributed by atoms with E-state index in [1.165, 1.54) is 6.07 Å². The number of hydrogen-bond donors (Lipinski definition) is 1. The van der Waals surface area contributed by atoms with E-state index in [0.717, 1.165) is 5.56 Å². The van der Waals surface area contributed by atoms with E-state index in [4.69, 9.17) is 10.2 Å². The molecule has 0 amide bonds. The molecule has 0 radical (unpaired) electrons. The van der Waals surface area contributed by atoms with E-state index < -0.39 is 5.82 Å². The molecule has 15 heavy (non-hydrogen) atoms. The number of anilines is 1. The molecule has 78 valence electrons. The van der Waals surface area contributed by atoms with Crippen LogP contribution in [-0.4, -0.2) is 4.98 Å². The summed E-state index contributed by atoms with van der Waals surface area (Å²) in [6.07, 6.45) is 0. The average molecular weight is 206 g/mol. The fraction of sp³-hybridized carbons (Fsp3) is 0.182. The molecule has 0 atom stereocenters. The summed E-state index contributed by atoms with van der Waals surface area (Å²) in [7, 11) is 0. The van der Waals surface area contributed by atoms with Gasteiger partial charge in [0, 0.05) is 12.5 Å². The van der Waals surface area contributed by atoms with Crippen molar-refractivity contribution in [3.8, 4) is 11.3 Å². The second-order valence-electron chi connectivity index (χ2n) is 3.37. The number of nitrogen functional groups attached to an aromatic ring is 1. The standard InChI is InChI=1S/C11H11FN2O/c1-6-11(14-7(2)15-6)8-3-4-9(12)10(13)5-8/h3-5H,13H2,1-2H3. The summed E-state index contributed by atoms with van der Waals surface area (Å²) in [5, 5.41) is 0. The van der Waals surface area contributed by atoms with Crippen LogP contribution in [-0.2, 0) is 0 Å². The van der Waals surface area contributed by atoms with Gasteiger partial charge in [0.2, 0.25) is 0 Å². The maximum Gasteiger partial charge on any atom is 0.191 e. The largest absolute Gasteiger partial charge is 0.446 e. The highest BCUT2D eigenvalue weighted by Gasteiger charge is 2.10. The lowest BCUT2D eigenvalue weighted by atomic mass is 10.1. The normalized spacial score (nSPS) is 10.6. The van der Waals surface area contributed by atoms with Crippen molar-refractivity contribution < 1.29 is 8.81 Å². The molecule has 0 fully saturated rings. The van der Waals surface area contributed by atoms with Crippen molar-refractivity contribution in [2.45, 2.75) is 13.8 Å². The zero-order chi connectivity index (χ0) is 11.0. The first-order valence-electron chi connectivity index (χ1n) is 4.57. The second kappa shape index (κ2) is 3.38. The van der Waals surface area contributed by atoms with E-state index in [1.54, 1.807) is 19.1 Å². The molecule has 0 aliphatic rings. The van der Waals surface area contributed by atoms with Gasteiger partial charge in [-0.15, -0.1) is 0 Å². The molecule has 0 bridgehead atoms. The van der Waals surface area contributed by atoms with Gasteiger partial charge < -0.3 is 10.2 Å². The van der Waals surface area contributed by atoms with Crippen LogP contribution < -0.4 is 5.73 Å². The smallest absolute Gasteiger partial charge is 0.191 e. The molecule has 0 aliphatic heterocycles. The van der Waals surface area contributed by atoms with Gasteiger partial charge in [-0.1, -0.05) is 0 Å². The molecular weight excluding hydrogens is 195 g/mol. The molecular formula is C11H11FN2O. The van der Waals surface area contributed by atoms with Gasteiger partial charge in [0.05, 0.1) is 5.69 Å². The van der Waals surface area contributed by atoms with Crippen LogP contribution >= 0.6 is 0 Å². The summed E-state index contributed by atoms with van der Waals surface area (Å²) < 4.78 is 18.2. The highest BCUT2D eigenvalue weighted by Crippen LogP contribution is 2.25. The van der Waals surface area contributed by atoms with Gasteiger partial charge in [-0.3, -0.25) is 0 Å². The van der Waals surface area contributed by atoms with Gasteiger partial charge >= 0.3 is 0 Å². The van der Waals surface area contributed by atoms with Crippen LogP contribution in [0.2, 0.25) is 0 Å². The van der Waals surface area contributed by atoms with Crippen LogP contribution in [0.1, 0.15) is 11.7 Å². The summed E-state index contributed by atoms with van der Waals surface area (Å²) in [5.74, 6) is 0.875. The predicted octanol–water partition coefficient (Wildman–Crippen LogP) is 2.68. The summed E-state index contributed by atoms with van der Waals surface area (Å²) in [5.41, 5.74) is 7.07. The average Bonchev–Trinajstić information content (AvgIpc) is 2.50. The molecule has 2 rings (SSSR count). The summed E-state index contributed by atoms with van der Waals surface area (Å²) in [6.45, 7) is 3.58. The van der Waals surface area contributed by atoms with Crippen molar-refractivity contribution in [1.82, 2.24) is 4.98 Å².